The van der Waals surface area contributed by atoms with Gasteiger partial charge >= 0.3 is 12.0 Å². The highest BCUT2D eigenvalue weighted by Crippen LogP contribution is 2.62. The average Bonchev–Trinajstić information content (AvgIpc) is 2.91. The molecule has 2 aromatic rings. The van der Waals surface area contributed by atoms with Crippen molar-refractivity contribution in [2.75, 3.05) is 0 Å². The molecule has 1 aliphatic carbocycles. The molecule has 1 aromatic carbocycles. The molecule has 3 aliphatic rings. The Balaban J connectivity index is 1.73. The summed E-state index contributed by atoms with van der Waals surface area (Å²) < 4.78 is 11.1. The lowest BCUT2D eigenvalue weighted by Crippen LogP contribution is -2.77. The first kappa shape index (κ1) is 13.6. The molecule has 122 valence electrons. The van der Waals surface area contributed by atoms with Crippen LogP contribution < -0.4 is 15.4 Å². The van der Waals surface area contributed by atoms with E-state index >= 15 is 0 Å². The van der Waals surface area contributed by atoms with Crippen LogP contribution in [-0.2, 0) is 9.59 Å². The van der Waals surface area contributed by atoms with Crippen molar-refractivity contribution >= 4 is 28.9 Å². The van der Waals surface area contributed by atoms with Crippen molar-refractivity contribution in [3.63, 3.8) is 0 Å². The molecule has 1 saturated carbocycles. The van der Waals surface area contributed by atoms with Crippen molar-refractivity contribution in [3.05, 3.63) is 29.5 Å². The lowest BCUT2D eigenvalue weighted by atomic mass is 9.47. The van der Waals surface area contributed by atoms with E-state index in [1.54, 1.807) is 13.2 Å². The number of benzene rings is 1. The van der Waals surface area contributed by atoms with Crippen molar-refractivity contribution < 1.29 is 23.5 Å². The average molecular weight is 326 g/mol. The SMILES string of the molecule is Cc1coc2ccc3c(c12)OC(=O)C1C3C2NC(=O)NC(=O)C21C. The summed E-state index contributed by atoms with van der Waals surface area (Å²) in [7, 11) is 0. The zero-order valence-electron chi connectivity index (χ0n) is 13.0. The predicted octanol–water partition coefficient (Wildman–Crippen LogP) is 1.59. The number of fused-ring (bicyclic) bond motifs is 8. The lowest BCUT2D eigenvalue weighted by Gasteiger charge is -2.60. The fourth-order valence-corrected chi connectivity index (χ4v) is 4.50. The molecule has 7 heteroatoms. The Morgan fingerprint density at radius 2 is 2.00 bits per heavy atom. The molecule has 24 heavy (non-hydrogen) atoms. The van der Waals surface area contributed by atoms with E-state index < -0.39 is 35.3 Å². The monoisotopic (exact) mass is 326 g/mol. The number of carbonyl (C=O) groups is 3. The molecule has 1 saturated heterocycles. The van der Waals surface area contributed by atoms with Crippen molar-refractivity contribution in [2.24, 2.45) is 11.3 Å². The van der Waals surface area contributed by atoms with Gasteiger partial charge in [-0.2, -0.15) is 0 Å². The van der Waals surface area contributed by atoms with E-state index in [0.717, 1.165) is 16.5 Å². The van der Waals surface area contributed by atoms with E-state index in [0.29, 0.717) is 11.3 Å². The zero-order valence-corrected chi connectivity index (χ0v) is 13.0. The van der Waals surface area contributed by atoms with Gasteiger partial charge in [0.25, 0.3) is 0 Å². The Kier molecular flexibility index (Phi) is 2.25. The maximum atomic E-state index is 12.6. The minimum absolute atomic E-state index is 0.278. The van der Waals surface area contributed by atoms with Gasteiger partial charge in [0.05, 0.1) is 29.0 Å². The van der Waals surface area contributed by atoms with Gasteiger partial charge in [-0.3, -0.25) is 14.9 Å². The van der Waals surface area contributed by atoms with Gasteiger partial charge in [0.1, 0.15) is 11.3 Å². The maximum Gasteiger partial charge on any atom is 0.321 e. The van der Waals surface area contributed by atoms with E-state index in [-0.39, 0.29) is 5.92 Å². The van der Waals surface area contributed by atoms with Crippen LogP contribution in [0.15, 0.2) is 22.8 Å². The number of nitrogens with one attached hydrogen (secondary N) is 2. The number of urea groups is 1. The molecule has 5 rings (SSSR count). The zero-order chi connectivity index (χ0) is 16.8. The van der Waals surface area contributed by atoms with Crippen LogP contribution in [0.3, 0.4) is 0 Å². The Bertz CT molecular complexity index is 961. The Hall–Kier alpha value is -2.83. The van der Waals surface area contributed by atoms with Crippen molar-refractivity contribution in [3.8, 4) is 5.75 Å². The second-order valence-corrected chi connectivity index (χ2v) is 6.89. The molecule has 4 unspecified atom stereocenters. The van der Waals surface area contributed by atoms with Crippen LogP contribution in [0.4, 0.5) is 4.79 Å². The third-order valence-electron chi connectivity index (χ3n) is 5.74. The summed E-state index contributed by atoms with van der Waals surface area (Å²) in [6, 6.07) is 2.72. The molecule has 2 fully saturated rings. The third-order valence-corrected chi connectivity index (χ3v) is 5.74. The summed E-state index contributed by atoms with van der Waals surface area (Å²) in [5.74, 6) is -1.28. The third kappa shape index (κ3) is 1.32. The second kappa shape index (κ2) is 3.98. The van der Waals surface area contributed by atoms with E-state index in [2.05, 4.69) is 10.6 Å². The van der Waals surface area contributed by atoms with Crippen LogP contribution >= 0.6 is 0 Å². The van der Waals surface area contributed by atoms with Gasteiger partial charge in [-0.1, -0.05) is 6.07 Å². The normalized spacial score (nSPS) is 33.6. The highest BCUT2D eigenvalue weighted by atomic mass is 16.5. The molecule has 3 heterocycles. The quantitative estimate of drug-likeness (QED) is 0.566. The van der Waals surface area contributed by atoms with E-state index in [1.807, 2.05) is 19.1 Å². The summed E-state index contributed by atoms with van der Waals surface area (Å²) in [6.07, 6.45) is 1.62. The minimum atomic E-state index is -0.992. The van der Waals surface area contributed by atoms with Gasteiger partial charge in [0.2, 0.25) is 5.91 Å². The van der Waals surface area contributed by atoms with Crippen molar-refractivity contribution in [1.29, 1.82) is 0 Å². The molecule has 3 amide bonds. The van der Waals surface area contributed by atoms with Gasteiger partial charge in [-0.05, 0) is 25.5 Å². The first-order valence-electron chi connectivity index (χ1n) is 7.77. The molecule has 1 aromatic heterocycles. The van der Waals surface area contributed by atoms with Gasteiger partial charge < -0.3 is 14.5 Å². The molecular formula is C17H14N2O5. The van der Waals surface area contributed by atoms with E-state index in [9.17, 15) is 14.4 Å². The summed E-state index contributed by atoms with van der Waals surface area (Å²) >= 11 is 0. The standard InChI is InChI=1S/C17H14N2O5/c1-6-5-23-8-4-3-7-10-11(14(20)24-12(7)9(6)8)17(2)13(10)18-16(22)19-15(17)21/h3-5,10-11,13H,1-2H3,(H2,18,19,21,22). The summed E-state index contributed by atoms with van der Waals surface area (Å²) in [5.41, 5.74) is 1.35. The Morgan fingerprint density at radius 3 is 2.79 bits per heavy atom. The van der Waals surface area contributed by atoms with Gasteiger partial charge in [-0.15, -0.1) is 0 Å². The Morgan fingerprint density at radius 1 is 1.21 bits per heavy atom. The highest BCUT2D eigenvalue weighted by Gasteiger charge is 2.71. The number of ether oxygens (including phenoxy) is 1. The molecular weight excluding hydrogens is 312 g/mol. The molecule has 0 radical (unpaired) electrons. The predicted molar refractivity (Wildman–Crippen MR) is 81.4 cm³/mol. The van der Waals surface area contributed by atoms with Crippen LogP contribution in [0.25, 0.3) is 11.0 Å². The number of hydrogen-bond donors (Lipinski definition) is 2. The van der Waals surface area contributed by atoms with Crippen LogP contribution in [0, 0.1) is 18.3 Å². The molecule has 0 spiro atoms. The topological polar surface area (TPSA) is 97.6 Å². The van der Waals surface area contributed by atoms with Crippen molar-refractivity contribution in [1.82, 2.24) is 10.6 Å². The van der Waals surface area contributed by atoms with E-state index in [4.69, 9.17) is 9.15 Å². The van der Waals surface area contributed by atoms with Crippen molar-refractivity contribution in [2.45, 2.75) is 25.8 Å². The molecule has 7 nitrogen and oxygen atoms in total. The highest BCUT2D eigenvalue weighted by molar-refractivity contribution is 6.06. The van der Waals surface area contributed by atoms with Crippen LogP contribution in [0.1, 0.15) is 24.0 Å². The second-order valence-electron chi connectivity index (χ2n) is 6.89. The summed E-state index contributed by atoms with van der Waals surface area (Å²) in [4.78, 5) is 36.7. The van der Waals surface area contributed by atoms with Crippen LogP contribution in [0.5, 0.6) is 5.75 Å². The van der Waals surface area contributed by atoms with Gasteiger partial charge in [-0.25, -0.2) is 4.79 Å². The molecule has 0 bridgehead atoms. The number of aryl methyl sites for hydroxylation is 1. The maximum absolute atomic E-state index is 12.6. The number of furan rings is 1. The Labute approximate surface area is 136 Å². The van der Waals surface area contributed by atoms with Crippen LogP contribution in [0.2, 0.25) is 0 Å². The summed E-state index contributed by atoms with van der Waals surface area (Å²) in [6.45, 7) is 3.58. The lowest BCUT2D eigenvalue weighted by molar-refractivity contribution is -0.171. The first-order valence-corrected chi connectivity index (χ1v) is 7.77. The number of amides is 3. The first-order chi connectivity index (χ1) is 11.4. The number of esters is 1. The number of rotatable bonds is 0. The summed E-state index contributed by atoms with van der Waals surface area (Å²) in [5, 5.41) is 5.82. The van der Waals surface area contributed by atoms with Gasteiger partial charge in [0.15, 0.2) is 0 Å². The molecule has 2 aliphatic heterocycles. The largest absolute Gasteiger partial charge is 0.464 e. The minimum Gasteiger partial charge on any atom is -0.464 e. The molecule has 2 N–H and O–H groups in total. The van der Waals surface area contributed by atoms with Crippen LogP contribution in [-0.4, -0.2) is 23.9 Å². The fraction of sp³-hybridized carbons (Fsp3) is 0.353. The number of hydrogen-bond acceptors (Lipinski definition) is 5. The number of imide groups is 1. The smallest absolute Gasteiger partial charge is 0.321 e. The fourth-order valence-electron chi connectivity index (χ4n) is 4.50. The van der Waals surface area contributed by atoms with E-state index in [1.165, 1.54) is 0 Å². The van der Waals surface area contributed by atoms with Gasteiger partial charge in [0, 0.05) is 11.5 Å². The number of carbonyl (C=O) groups excluding carboxylic acids is 3. The molecule has 4 atom stereocenters.